The van der Waals surface area contributed by atoms with Gasteiger partial charge in [0.1, 0.15) is 11.9 Å². The Bertz CT molecular complexity index is 738. The molecule has 0 aromatic heterocycles. The lowest BCUT2D eigenvalue weighted by Crippen LogP contribution is -2.37. The molecule has 0 saturated carbocycles. The van der Waals surface area contributed by atoms with Crippen LogP contribution >= 0.6 is 18.2 Å². The van der Waals surface area contributed by atoms with Gasteiger partial charge >= 0.3 is 6.80 Å². The van der Waals surface area contributed by atoms with E-state index in [1.54, 1.807) is 0 Å². The molecular formula is C33H65O8PS. The van der Waals surface area contributed by atoms with Gasteiger partial charge in [0.2, 0.25) is 0 Å². The SMILES string of the molecule is CCCCCCCCCCCCCC(=O)CC(O)(SP(=O)(O)OCC(O)CO)C(=O)CCCCCCCCCCCCC. The first kappa shape index (κ1) is 42.7. The number of rotatable bonds is 33. The summed E-state index contributed by atoms with van der Waals surface area (Å²) in [5.74, 6) is -0.977. The molecule has 4 N–H and O–H groups in total. The second-order valence-corrected chi connectivity index (χ2v) is 16.2. The van der Waals surface area contributed by atoms with Crippen LogP contribution in [0.15, 0.2) is 0 Å². The summed E-state index contributed by atoms with van der Waals surface area (Å²) in [6, 6.07) is 0. The zero-order valence-electron chi connectivity index (χ0n) is 27.4. The monoisotopic (exact) mass is 652 g/mol. The first-order chi connectivity index (χ1) is 20.6. The molecule has 0 amide bonds. The molecule has 3 unspecified atom stereocenters. The molecule has 0 saturated heterocycles. The van der Waals surface area contributed by atoms with Gasteiger partial charge in [-0.3, -0.25) is 14.1 Å². The van der Waals surface area contributed by atoms with Crippen LogP contribution in [0.3, 0.4) is 0 Å². The maximum absolute atomic E-state index is 13.1. The van der Waals surface area contributed by atoms with Gasteiger partial charge in [-0.15, -0.1) is 0 Å². The summed E-state index contributed by atoms with van der Waals surface area (Å²) in [5, 5.41) is 29.6. The van der Waals surface area contributed by atoms with Crippen LogP contribution in [0.4, 0.5) is 0 Å². The highest BCUT2D eigenvalue weighted by molar-refractivity contribution is 8.55. The number of aliphatic hydroxyl groups is 3. The number of carbonyl (C=O) groups is 2. The Hall–Kier alpha value is -0.280. The van der Waals surface area contributed by atoms with E-state index in [2.05, 4.69) is 13.8 Å². The highest BCUT2D eigenvalue weighted by Crippen LogP contribution is 2.61. The Labute approximate surface area is 266 Å². The van der Waals surface area contributed by atoms with Gasteiger partial charge < -0.3 is 20.2 Å². The number of unbranched alkanes of at least 4 members (excludes halogenated alkanes) is 20. The van der Waals surface area contributed by atoms with Crippen molar-refractivity contribution in [2.24, 2.45) is 0 Å². The molecular weight excluding hydrogens is 587 g/mol. The lowest BCUT2D eigenvalue weighted by atomic mass is 9.99. The van der Waals surface area contributed by atoms with E-state index >= 15 is 0 Å². The van der Waals surface area contributed by atoms with Gasteiger partial charge in [0.05, 0.1) is 19.6 Å². The van der Waals surface area contributed by atoms with E-state index in [0.717, 1.165) is 44.9 Å². The summed E-state index contributed by atoms with van der Waals surface area (Å²) < 4.78 is 17.5. The van der Waals surface area contributed by atoms with Crippen LogP contribution in [0.25, 0.3) is 0 Å². The van der Waals surface area contributed by atoms with Gasteiger partial charge in [0, 0.05) is 24.2 Å². The molecule has 0 radical (unpaired) electrons. The highest BCUT2D eigenvalue weighted by atomic mass is 32.7. The number of hydrogen-bond donors (Lipinski definition) is 4. The molecule has 0 aliphatic carbocycles. The quantitative estimate of drug-likeness (QED) is 0.0311. The van der Waals surface area contributed by atoms with Crippen LogP contribution in [0.5, 0.6) is 0 Å². The Kier molecular flexibility index (Phi) is 27.8. The standard InChI is InChI=1S/C33H65O8PS/c1-3-5-7-9-11-13-15-17-19-21-23-25-30(35)27-33(38,43-42(39,40)41-29-31(36)28-34)32(37)26-24-22-20-18-16-14-12-10-8-6-4-2/h31,34,36,38H,3-29H2,1-2H3,(H,39,40). The average molecular weight is 653 g/mol. The smallest absolute Gasteiger partial charge is 0.389 e. The second kappa shape index (κ2) is 28.0. The summed E-state index contributed by atoms with van der Waals surface area (Å²) >= 11 is 0.0621. The summed E-state index contributed by atoms with van der Waals surface area (Å²) in [6.45, 7) is -1.46. The minimum atomic E-state index is -4.59. The van der Waals surface area contributed by atoms with Crippen LogP contribution in [0, 0.1) is 0 Å². The van der Waals surface area contributed by atoms with Crippen molar-refractivity contribution in [1.82, 2.24) is 0 Å². The largest absolute Gasteiger partial charge is 0.394 e. The molecule has 10 heteroatoms. The lowest BCUT2D eigenvalue weighted by Gasteiger charge is -2.27. The predicted octanol–water partition coefficient (Wildman–Crippen LogP) is 8.81. The topological polar surface area (TPSA) is 141 Å². The maximum atomic E-state index is 13.1. The minimum Gasteiger partial charge on any atom is -0.394 e. The molecule has 256 valence electrons. The fourth-order valence-corrected chi connectivity index (χ4v) is 8.33. The van der Waals surface area contributed by atoms with E-state index in [4.69, 9.17) is 9.63 Å². The third kappa shape index (κ3) is 25.6. The van der Waals surface area contributed by atoms with E-state index in [1.807, 2.05) is 0 Å². The Morgan fingerprint density at radius 2 is 1.07 bits per heavy atom. The molecule has 0 bridgehead atoms. The zero-order valence-corrected chi connectivity index (χ0v) is 29.2. The number of hydrogen-bond acceptors (Lipinski definition) is 8. The fraction of sp³-hybridized carbons (Fsp3) is 0.939. The molecule has 0 heterocycles. The summed E-state index contributed by atoms with van der Waals surface area (Å²) in [4.78, 5) is 33.8. The fourth-order valence-electron chi connectivity index (χ4n) is 5.12. The number of Topliss-reactive ketones (excluding diaryl/α,β-unsaturated/α-hetero) is 2. The van der Waals surface area contributed by atoms with Gasteiger partial charge in [-0.1, -0.05) is 142 Å². The minimum absolute atomic E-state index is 0.00546. The Balaban J connectivity index is 4.63. The molecule has 0 rings (SSSR count). The van der Waals surface area contributed by atoms with E-state index in [-0.39, 0.29) is 30.0 Å². The van der Waals surface area contributed by atoms with Crippen LogP contribution < -0.4 is 0 Å². The van der Waals surface area contributed by atoms with Crippen molar-refractivity contribution < 1.29 is 38.9 Å². The van der Waals surface area contributed by atoms with Gasteiger partial charge in [-0.25, -0.2) is 4.57 Å². The van der Waals surface area contributed by atoms with Crippen LogP contribution in [-0.2, 0) is 18.7 Å². The molecule has 0 aromatic carbocycles. The van der Waals surface area contributed by atoms with Crippen molar-refractivity contribution in [3.8, 4) is 0 Å². The molecule has 0 fully saturated rings. The molecule has 0 aliphatic rings. The van der Waals surface area contributed by atoms with Crippen LogP contribution in [0.2, 0.25) is 0 Å². The van der Waals surface area contributed by atoms with Gasteiger partial charge in [0.25, 0.3) is 0 Å². The third-order valence-electron chi connectivity index (χ3n) is 7.85. The highest BCUT2D eigenvalue weighted by Gasteiger charge is 2.45. The summed E-state index contributed by atoms with van der Waals surface area (Å²) in [5.41, 5.74) is 0. The Morgan fingerprint density at radius 3 is 1.47 bits per heavy atom. The third-order valence-corrected chi connectivity index (χ3v) is 11.1. The molecule has 3 atom stereocenters. The van der Waals surface area contributed by atoms with Crippen molar-refractivity contribution in [2.45, 2.75) is 185 Å². The van der Waals surface area contributed by atoms with Crippen molar-refractivity contribution in [1.29, 1.82) is 0 Å². The summed E-state index contributed by atoms with van der Waals surface area (Å²) in [6.07, 6.45) is 23.1. The normalized spacial score (nSPS) is 15.2. The van der Waals surface area contributed by atoms with Crippen molar-refractivity contribution >= 4 is 29.7 Å². The number of aliphatic hydroxyl groups excluding tert-OH is 2. The number of carbonyl (C=O) groups excluding carboxylic acids is 2. The first-order valence-electron chi connectivity index (χ1n) is 17.3. The molecule has 0 aromatic rings. The molecule has 0 aliphatic heterocycles. The van der Waals surface area contributed by atoms with Crippen molar-refractivity contribution in [3.05, 3.63) is 0 Å². The van der Waals surface area contributed by atoms with Gasteiger partial charge in [-0.05, 0) is 12.8 Å². The first-order valence-corrected chi connectivity index (χ1v) is 20.3. The lowest BCUT2D eigenvalue weighted by molar-refractivity contribution is -0.134. The van der Waals surface area contributed by atoms with Crippen molar-refractivity contribution in [2.75, 3.05) is 13.2 Å². The molecule has 0 spiro atoms. The molecule has 43 heavy (non-hydrogen) atoms. The van der Waals surface area contributed by atoms with Gasteiger partial charge in [-0.2, -0.15) is 0 Å². The number of ketones is 2. The van der Waals surface area contributed by atoms with Crippen LogP contribution in [-0.4, -0.2) is 56.0 Å². The second-order valence-electron chi connectivity index (χ2n) is 12.2. The van der Waals surface area contributed by atoms with E-state index in [1.165, 1.54) is 83.5 Å². The predicted molar refractivity (Wildman–Crippen MR) is 178 cm³/mol. The van der Waals surface area contributed by atoms with Gasteiger partial charge in [0.15, 0.2) is 10.7 Å². The van der Waals surface area contributed by atoms with Crippen LogP contribution in [0.1, 0.15) is 174 Å². The average Bonchev–Trinajstić information content (AvgIpc) is 2.96. The molecule has 8 nitrogen and oxygen atoms in total. The van der Waals surface area contributed by atoms with E-state index in [0.29, 0.717) is 12.8 Å². The summed E-state index contributed by atoms with van der Waals surface area (Å²) in [7, 11) is 0. The van der Waals surface area contributed by atoms with E-state index < -0.39 is 43.3 Å². The maximum Gasteiger partial charge on any atom is 0.389 e. The van der Waals surface area contributed by atoms with Crippen molar-refractivity contribution in [3.63, 3.8) is 0 Å². The zero-order chi connectivity index (χ0) is 32.2. The Morgan fingerprint density at radius 1 is 0.698 bits per heavy atom. The van der Waals surface area contributed by atoms with E-state index in [9.17, 15) is 29.3 Å².